The molecule has 80 valence electrons. The summed E-state index contributed by atoms with van der Waals surface area (Å²) in [6, 6.07) is 11.1. The molecule has 0 aliphatic rings. The van der Waals surface area contributed by atoms with E-state index in [0.717, 1.165) is 6.29 Å². The van der Waals surface area contributed by atoms with E-state index in [1.54, 1.807) is 24.3 Å². The largest absolute Gasteiger partial charge is 0.508 e. The quantitative estimate of drug-likeness (QED) is 0.596. The van der Waals surface area contributed by atoms with Crippen LogP contribution in [0, 0.1) is 0 Å². The maximum Gasteiger partial charge on any atom is 0.150 e. The van der Waals surface area contributed by atoms with Crippen LogP contribution in [0.1, 0.15) is 10.4 Å². The summed E-state index contributed by atoms with van der Waals surface area (Å²) in [5.41, 5.74) is 1.53. The second kappa shape index (κ2) is 4.06. The van der Waals surface area contributed by atoms with Crippen molar-refractivity contribution in [3.05, 3.63) is 48.0 Å². The monoisotopic (exact) mass is 214 g/mol. The predicted octanol–water partition coefficient (Wildman–Crippen LogP) is 2.58. The second-order valence-electron chi connectivity index (χ2n) is 3.41. The van der Waals surface area contributed by atoms with Gasteiger partial charge in [-0.15, -0.1) is 0 Å². The molecule has 2 N–H and O–H groups in total. The van der Waals surface area contributed by atoms with Gasteiger partial charge in [-0.05, 0) is 23.8 Å². The summed E-state index contributed by atoms with van der Waals surface area (Å²) in [7, 11) is 0. The van der Waals surface area contributed by atoms with Crippen molar-refractivity contribution in [1.29, 1.82) is 0 Å². The van der Waals surface area contributed by atoms with E-state index in [2.05, 4.69) is 0 Å². The van der Waals surface area contributed by atoms with Gasteiger partial charge < -0.3 is 10.2 Å². The summed E-state index contributed by atoms with van der Waals surface area (Å²) in [6.45, 7) is 0. The first kappa shape index (κ1) is 10.2. The van der Waals surface area contributed by atoms with Gasteiger partial charge in [0.1, 0.15) is 11.5 Å². The van der Waals surface area contributed by atoms with Gasteiger partial charge in [-0.1, -0.05) is 24.3 Å². The lowest BCUT2D eigenvalue weighted by Gasteiger charge is -2.07. The highest BCUT2D eigenvalue weighted by Crippen LogP contribution is 2.33. The van der Waals surface area contributed by atoms with Gasteiger partial charge in [0.2, 0.25) is 0 Å². The second-order valence-corrected chi connectivity index (χ2v) is 3.41. The standard InChI is InChI=1S/C13H10O3/c14-8-9-3-1-2-4-11(9)12-7-10(15)5-6-13(12)16/h1-8,15-16H. The first-order valence-corrected chi connectivity index (χ1v) is 4.79. The number of carbonyl (C=O) groups excluding carboxylic acids is 1. The number of phenols is 2. The Kier molecular flexibility index (Phi) is 2.60. The van der Waals surface area contributed by atoms with Gasteiger partial charge in [0, 0.05) is 11.1 Å². The summed E-state index contributed by atoms with van der Waals surface area (Å²) < 4.78 is 0. The minimum atomic E-state index is 0.0344. The van der Waals surface area contributed by atoms with Crippen molar-refractivity contribution in [2.75, 3.05) is 0 Å². The third-order valence-corrected chi connectivity index (χ3v) is 2.36. The minimum absolute atomic E-state index is 0.0344. The maximum atomic E-state index is 10.9. The average Bonchev–Trinajstić information content (AvgIpc) is 2.32. The maximum absolute atomic E-state index is 10.9. The highest BCUT2D eigenvalue weighted by Gasteiger charge is 2.08. The van der Waals surface area contributed by atoms with Crippen LogP contribution in [0.4, 0.5) is 0 Å². The predicted molar refractivity (Wildman–Crippen MR) is 60.6 cm³/mol. The van der Waals surface area contributed by atoms with Gasteiger partial charge in [0.15, 0.2) is 6.29 Å². The Balaban J connectivity index is 2.66. The van der Waals surface area contributed by atoms with E-state index in [1.165, 1.54) is 18.2 Å². The number of aldehydes is 1. The Morgan fingerprint density at radius 3 is 2.44 bits per heavy atom. The van der Waals surface area contributed by atoms with E-state index in [1.807, 2.05) is 0 Å². The van der Waals surface area contributed by atoms with Crippen molar-refractivity contribution in [3.63, 3.8) is 0 Å². The Morgan fingerprint density at radius 2 is 1.69 bits per heavy atom. The average molecular weight is 214 g/mol. The topological polar surface area (TPSA) is 57.5 Å². The SMILES string of the molecule is O=Cc1ccccc1-c1cc(O)ccc1O. The number of hydrogen-bond donors (Lipinski definition) is 2. The third kappa shape index (κ3) is 1.75. The molecule has 0 fully saturated rings. The van der Waals surface area contributed by atoms with E-state index < -0.39 is 0 Å². The molecule has 2 aromatic carbocycles. The molecule has 0 unspecified atom stereocenters. The Hall–Kier alpha value is -2.29. The zero-order valence-electron chi connectivity index (χ0n) is 8.42. The van der Waals surface area contributed by atoms with Crippen LogP contribution >= 0.6 is 0 Å². The molecule has 3 nitrogen and oxygen atoms in total. The van der Waals surface area contributed by atoms with E-state index in [4.69, 9.17) is 0 Å². The third-order valence-electron chi connectivity index (χ3n) is 2.36. The van der Waals surface area contributed by atoms with Crippen LogP contribution in [-0.4, -0.2) is 16.5 Å². The fourth-order valence-corrected chi connectivity index (χ4v) is 1.58. The highest BCUT2D eigenvalue weighted by atomic mass is 16.3. The van der Waals surface area contributed by atoms with Crippen molar-refractivity contribution in [3.8, 4) is 22.6 Å². The van der Waals surface area contributed by atoms with E-state index in [0.29, 0.717) is 16.7 Å². The highest BCUT2D eigenvalue weighted by molar-refractivity contribution is 5.89. The zero-order chi connectivity index (χ0) is 11.5. The van der Waals surface area contributed by atoms with Gasteiger partial charge in [0.05, 0.1) is 0 Å². The summed E-state index contributed by atoms with van der Waals surface area (Å²) >= 11 is 0. The van der Waals surface area contributed by atoms with Crippen LogP contribution in [0.25, 0.3) is 11.1 Å². The smallest absolute Gasteiger partial charge is 0.150 e. The molecule has 0 aliphatic carbocycles. The first-order valence-electron chi connectivity index (χ1n) is 4.79. The van der Waals surface area contributed by atoms with Crippen LogP contribution < -0.4 is 0 Å². The molecule has 0 saturated heterocycles. The number of aromatic hydroxyl groups is 2. The van der Waals surface area contributed by atoms with Crippen LogP contribution in [0.5, 0.6) is 11.5 Å². The number of hydrogen-bond acceptors (Lipinski definition) is 3. The summed E-state index contributed by atoms with van der Waals surface area (Å²) in [5, 5.41) is 19.0. The van der Waals surface area contributed by atoms with Crippen molar-refractivity contribution in [2.45, 2.75) is 0 Å². The molecule has 0 heterocycles. The van der Waals surface area contributed by atoms with Gasteiger partial charge in [-0.3, -0.25) is 4.79 Å². The molecule has 0 spiro atoms. The molecule has 3 heteroatoms. The fourth-order valence-electron chi connectivity index (χ4n) is 1.58. The number of rotatable bonds is 2. The van der Waals surface area contributed by atoms with Crippen molar-refractivity contribution in [2.24, 2.45) is 0 Å². The molecule has 0 bridgehead atoms. The Bertz CT molecular complexity index is 532. The Morgan fingerprint density at radius 1 is 0.938 bits per heavy atom. The minimum Gasteiger partial charge on any atom is -0.508 e. The van der Waals surface area contributed by atoms with E-state index in [-0.39, 0.29) is 11.5 Å². The number of benzene rings is 2. The molecule has 2 rings (SSSR count). The molecule has 2 aromatic rings. The number of phenolic OH excluding ortho intramolecular Hbond substituents is 2. The van der Waals surface area contributed by atoms with Crippen LogP contribution in [-0.2, 0) is 0 Å². The van der Waals surface area contributed by atoms with E-state index in [9.17, 15) is 15.0 Å². The summed E-state index contributed by atoms with van der Waals surface area (Å²) in [6.07, 6.45) is 0.721. The molecule has 16 heavy (non-hydrogen) atoms. The molecular formula is C13H10O3. The van der Waals surface area contributed by atoms with Gasteiger partial charge in [-0.25, -0.2) is 0 Å². The van der Waals surface area contributed by atoms with E-state index >= 15 is 0 Å². The van der Waals surface area contributed by atoms with Gasteiger partial charge in [0.25, 0.3) is 0 Å². The van der Waals surface area contributed by atoms with Gasteiger partial charge in [-0.2, -0.15) is 0 Å². The molecular weight excluding hydrogens is 204 g/mol. The fraction of sp³-hybridized carbons (Fsp3) is 0. The lowest BCUT2D eigenvalue weighted by atomic mass is 9.99. The van der Waals surface area contributed by atoms with Gasteiger partial charge >= 0.3 is 0 Å². The van der Waals surface area contributed by atoms with Crippen LogP contribution in [0.2, 0.25) is 0 Å². The van der Waals surface area contributed by atoms with Crippen LogP contribution in [0.15, 0.2) is 42.5 Å². The molecule has 0 radical (unpaired) electrons. The lowest BCUT2D eigenvalue weighted by molar-refractivity contribution is 0.112. The number of carbonyl (C=O) groups is 1. The molecule has 0 saturated carbocycles. The molecule has 0 aliphatic heterocycles. The van der Waals surface area contributed by atoms with Crippen LogP contribution in [0.3, 0.4) is 0 Å². The molecule has 0 atom stereocenters. The molecule has 0 amide bonds. The van der Waals surface area contributed by atoms with Crippen molar-refractivity contribution in [1.82, 2.24) is 0 Å². The lowest BCUT2D eigenvalue weighted by Crippen LogP contribution is -1.87. The molecule has 0 aromatic heterocycles. The normalized spacial score (nSPS) is 10.0. The Labute approximate surface area is 92.6 Å². The van der Waals surface area contributed by atoms with Crippen molar-refractivity contribution >= 4 is 6.29 Å². The first-order chi connectivity index (χ1) is 7.72. The van der Waals surface area contributed by atoms with Crippen molar-refractivity contribution < 1.29 is 15.0 Å². The zero-order valence-corrected chi connectivity index (χ0v) is 8.42. The summed E-state index contributed by atoms with van der Waals surface area (Å²) in [5.74, 6) is 0.0839. The summed E-state index contributed by atoms with van der Waals surface area (Å²) in [4.78, 5) is 10.9.